The highest BCUT2D eigenvalue weighted by Gasteiger charge is 2.23. The first-order chi connectivity index (χ1) is 10.2. The van der Waals surface area contributed by atoms with Crippen LogP contribution >= 0.6 is 11.6 Å². The number of anilines is 1. The molecule has 0 amide bonds. The van der Waals surface area contributed by atoms with E-state index in [0.29, 0.717) is 11.9 Å². The lowest BCUT2D eigenvalue weighted by Gasteiger charge is -2.37. The summed E-state index contributed by atoms with van der Waals surface area (Å²) in [6.45, 7) is 2.13. The second-order valence-corrected chi connectivity index (χ2v) is 6.26. The summed E-state index contributed by atoms with van der Waals surface area (Å²) in [6.07, 6.45) is 4.42. The second-order valence-electron chi connectivity index (χ2n) is 5.99. The van der Waals surface area contributed by atoms with Crippen molar-refractivity contribution in [3.05, 3.63) is 36.0 Å². The van der Waals surface area contributed by atoms with Crippen molar-refractivity contribution in [2.45, 2.75) is 24.8 Å². The van der Waals surface area contributed by atoms with Gasteiger partial charge in [0.2, 0.25) is 0 Å². The lowest BCUT2D eigenvalue weighted by molar-refractivity contribution is 0.257. The van der Waals surface area contributed by atoms with Crippen LogP contribution in [0, 0.1) is 0 Å². The first kappa shape index (κ1) is 14.6. The van der Waals surface area contributed by atoms with Gasteiger partial charge in [-0.05, 0) is 37.9 Å². The highest BCUT2D eigenvalue weighted by atomic mass is 35.5. The second kappa shape index (κ2) is 6.20. The van der Waals surface area contributed by atoms with Gasteiger partial charge in [-0.15, -0.1) is 11.6 Å². The van der Waals surface area contributed by atoms with Crippen molar-refractivity contribution in [3.8, 4) is 0 Å². The van der Waals surface area contributed by atoms with Crippen molar-refractivity contribution in [2.24, 2.45) is 0 Å². The van der Waals surface area contributed by atoms with Crippen molar-refractivity contribution in [1.29, 1.82) is 0 Å². The van der Waals surface area contributed by atoms with Gasteiger partial charge in [0.25, 0.3) is 0 Å². The van der Waals surface area contributed by atoms with Crippen LogP contribution in [0.5, 0.6) is 0 Å². The van der Waals surface area contributed by atoms with Gasteiger partial charge in [0, 0.05) is 36.6 Å². The Bertz CT molecular complexity index is 626. The molecule has 0 bridgehead atoms. The van der Waals surface area contributed by atoms with E-state index >= 15 is 0 Å². The van der Waals surface area contributed by atoms with E-state index in [1.165, 1.54) is 23.6 Å². The zero-order chi connectivity index (χ0) is 14.8. The number of pyridine rings is 1. The average molecular weight is 304 g/mol. The molecule has 3 rings (SSSR count). The molecule has 1 aromatic carbocycles. The molecule has 2 heterocycles. The first-order valence-corrected chi connectivity index (χ1v) is 8.08. The normalized spacial score (nSPS) is 19.4. The van der Waals surface area contributed by atoms with Gasteiger partial charge in [-0.3, -0.25) is 0 Å². The Kier molecular flexibility index (Phi) is 4.32. The van der Waals surface area contributed by atoms with E-state index in [-0.39, 0.29) is 0 Å². The topological polar surface area (TPSA) is 19.4 Å². The van der Waals surface area contributed by atoms with Crippen LogP contribution in [0.4, 0.5) is 5.82 Å². The fourth-order valence-corrected chi connectivity index (χ4v) is 3.38. The Hall–Kier alpha value is -1.32. The van der Waals surface area contributed by atoms with Crippen LogP contribution in [0.25, 0.3) is 10.8 Å². The number of halogens is 1. The molecule has 3 nitrogen and oxygen atoms in total. The largest absolute Gasteiger partial charge is 0.355 e. The molecule has 1 unspecified atom stereocenters. The Morgan fingerprint density at radius 1 is 1.29 bits per heavy atom. The predicted octanol–water partition coefficient (Wildman–Crippen LogP) is 3.50. The van der Waals surface area contributed by atoms with Crippen molar-refractivity contribution in [2.75, 3.05) is 32.1 Å². The molecule has 1 fully saturated rings. The molecule has 2 aromatic rings. The Balaban J connectivity index is 2.00. The standard InChI is InChI=1S/C17H22ClN3/c1-20(2)14-6-5-9-21(12-14)17-16-8-4-3-7-15(16)13(10-18)11-19-17/h3-4,7-8,11,14H,5-6,9-10,12H2,1-2H3. The maximum atomic E-state index is 6.05. The summed E-state index contributed by atoms with van der Waals surface area (Å²) in [7, 11) is 4.33. The van der Waals surface area contributed by atoms with Crippen molar-refractivity contribution < 1.29 is 0 Å². The number of aromatic nitrogens is 1. The summed E-state index contributed by atoms with van der Waals surface area (Å²) >= 11 is 6.05. The Morgan fingerprint density at radius 3 is 2.76 bits per heavy atom. The molecule has 1 saturated heterocycles. The van der Waals surface area contributed by atoms with E-state index in [9.17, 15) is 0 Å². The van der Waals surface area contributed by atoms with Crippen LogP contribution in [0.15, 0.2) is 30.5 Å². The minimum absolute atomic E-state index is 0.508. The van der Waals surface area contributed by atoms with Crippen LogP contribution in [0.2, 0.25) is 0 Å². The SMILES string of the molecule is CN(C)C1CCCN(c2ncc(CCl)c3ccccc23)C1. The maximum Gasteiger partial charge on any atom is 0.136 e. The number of piperidine rings is 1. The average Bonchev–Trinajstić information content (AvgIpc) is 2.54. The fraction of sp³-hybridized carbons (Fsp3) is 0.471. The molecule has 21 heavy (non-hydrogen) atoms. The highest BCUT2D eigenvalue weighted by molar-refractivity contribution is 6.18. The van der Waals surface area contributed by atoms with Gasteiger partial charge in [0.15, 0.2) is 0 Å². The van der Waals surface area contributed by atoms with Gasteiger partial charge in [-0.1, -0.05) is 24.3 Å². The number of benzene rings is 1. The number of likely N-dealkylation sites (N-methyl/N-ethyl adjacent to an activating group) is 1. The van der Waals surface area contributed by atoms with Gasteiger partial charge >= 0.3 is 0 Å². The van der Waals surface area contributed by atoms with Gasteiger partial charge in [0.05, 0.1) is 0 Å². The summed E-state index contributed by atoms with van der Waals surface area (Å²) in [4.78, 5) is 9.46. The van der Waals surface area contributed by atoms with Crippen LogP contribution in [0.1, 0.15) is 18.4 Å². The minimum atomic E-state index is 0.508. The van der Waals surface area contributed by atoms with Crippen molar-refractivity contribution in [3.63, 3.8) is 0 Å². The number of hydrogen-bond acceptors (Lipinski definition) is 3. The number of alkyl halides is 1. The summed E-state index contributed by atoms with van der Waals surface area (Å²) in [5, 5.41) is 2.44. The monoisotopic (exact) mass is 303 g/mol. The molecule has 1 atom stereocenters. The molecule has 1 aliphatic rings. The quantitative estimate of drug-likeness (QED) is 0.809. The van der Waals surface area contributed by atoms with E-state index in [0.717, 1.165) is 24.5 Å². The number of rotatable bonds is 3. The van der Waals surface area contributed by atoms with Crippen LogP contribution in [-0.2, 0) is 5.88 Å². The van der Waals surface area contributed by atoms with Crippen LogP contribution in [0.3, 0.4) is 0 Å². The third kappa shape index (κ3) is 2.85. The van der Waals surface area contributed by atoms with E-state index in [2.05, 4.69) is 48.2 Å². The summed E-state index contributed by atoms with van der Waals surface area (Å²) < 4.78 is 0. The summed E-state index contributed by atoms with van der Waals surface area (Å²) in [6, 6.07) is 9.06. The van der Waals surface area contributed by atoms with Gasteiger partial charge in [-0.2, -0.15) is 0 Å². The van der Waals surface area contributed by atoms with E-state index in [1.807, 2.05) is 6.20 Å². The lowest BCUT2D eigenvalue weighted by Crippen LogP contribution is -2.45. The third-order valence-corrected chi connectivity index (χ3v) is 4.71. The number of fused-ring (bicyclic) bond motifs is 1. The molecule has 112 valence electrons. The molecule has 4 heteroatoms. The van der Waals surface area contributed by atoms with Crippen molar-refractivity contribution in [1.82, 2.24) is 9.88 Å². The third-order valence-electron chi connectivity index (χ3n) is 4.43. The number of nitrogens with zero attached hydrogens (tertiary/aromatic N) is 3. The molecule has 0 radical (unpaired) electrons. The molecular weight excluding hydrogens is 282 g/mol. The van der Waals surface area contributed by atoms with Gasteiger partial charge in [0.1, 0.15) is 5.82 Å². The van der Waals surface area contributed by atoms with E-state index in [4.69, 9.17) is 16.6 Å². The van der Waals surface area contributed by atoms with Gasteiger partial charge < -0.3 is 9.80 Å². The Labute approximate surface area is 131 Å². The predicted molar refractivity (Wildman–Crippen MR) is 90.2 cm³/mol. The van der Waals surface area contributed by atoms with Crippen LogP contribution in [-0.4, -0.2) is 43.1 Å². The summed E-state index contributed by atoms with van der Waals surface area (Å²) in [5.74, 6) is 1.61. The molecular formula is C17H22ClN3. The molecule has 0 aliphatic carbocycles. The maximum absolute atomic E-state index is 6.05. The lowest BCUT2D eigenvalue weighted by atomic mass is 10.0. The molecule has 0 N–H and O–H groups in total. The molecule has 1 aromatic heterocycles. The molecule has 1 aliphatic heterocycles. The van der Waals surface area contributed by atoms with E-state index < -0.39 is 0 Å². The smallest absolute Gasteiger partial charge is 0.136 e. The van der Waals surface area contributed by atoms with E-state index in [1.54, 1.807) is 0 Å². The number of hydrogen-bond donors (Lipinski definition) is 0. The minimum Gasteiger partial charge on any atom is -0.355 e. The van der Waals surface area contributed by atoms with Gasteiger partial charge in [-0.25, -0.2) is 4.98 Å². The highest BCUT2D eigenvalue weighted by Crippen LogP contribution is 2.30. The fourth-order valence-electron chi connectivity index (χ4n) is 3.16. The molecule has 0 saturated carbocycles. The zero-order valence-corrected chi connectivity index (χ0v) is 13.5. The molecule has 0 spiro atoms. The summed E-state index contributed by atoms with van der Waals surface area (Å²) in [5.41, 5.74) is 1.11. The Morgan fingerprint density at radius 2 is 2.05 bits per heavy atom. The zero-order valence-electron chi connectivity index (χ0n) is 12.7. The van der Waals surface area contributed by atoms with Crippen molar-refractivity contribution >= 4 is 28.2 Å². The van der Waals surface area contributed by atoms with Crippen LogP contribution < -0.4 is 4.90 Å². The first-order valence-electron chi connectivity index (χ1n) is 7.54.